The molecule has 7 heteroatoms. The first kappa shape index (κ1) is 12.4. The summed E-state index contributed by atoms with van der Waals surface area (Å²) in [5.74, 6) is 0.293. The number of halogens is 1. The molecule has 100 valence electrons. The van der Waals surface area contributed by atoms with Crippen LogP contribution in [0.25, 0.3) is 0 Å². The van der Waals surface area contributed by atoms with E-state index in [4.69, 9.17) is 4.42 Å². The van der Waals surface area contributed by atoms with Crippen LogP contribution in [0, 0.1) is 0 Å². The molecule has 0 saturated carbocycles. The molecule has 2 aromatic rings. The third kappa shape index (κ3) is 2.56. The van der Waals surface area contributed by atoms with Gasteiger partial charge in [0.2, 0.25) is 0 Å². The number of hydrogen-bond donors (Lipinski definition) is 0. The van der Waals surface area contributed by atoms with Crippen LogP contribution in [0.1, 0.15) is 29.4 Å². The lowest BCUT2D eigenvalue weighted by Gasteiger charge is -2.32. The summed E-state index contributed by atoms with van der Waals surface area (Å²) in [7, 11) is 0. The summed E-state index contributed by atoms with van der Waals surface area (Å²) in [4.78, 5) is 18.1. The van der Waals surface area contributed by atoms with Gasteiger partial charge in [0.05, 0.1) is 6.04 Å². The van der Waals surface area contributed by atoms with Crippen LogP contribution in [-0.4, -0.2) is 38.7 Å². The molecule has 3 heterocycles. The molecule has 1 fully saturated rings. The summed E-state index contributed by atoms with van der Waals surface area (Å²) in [5, 5.41) is 4.15. The molecule has 0 spiro atoms. The van der Waals surface area contributed by atoms with Crippen molar-refractivity contribution in [1.82, 2.24) is 19.7 Å². The molecule has 3 rings (SSSR count). The quantitative estimate of drug-likeness (QED) is 0.848. The van der Waals surface area contributed by atoms with Crippen molar-refractivity contribution in [2.24, 2.45) is 0 Å². The summed E-state index contributed by atoms with van der Waals surface area (Å²) >= 11 is 3.21. The van der Waals surface area contributed by atoms with E-state index in [1.807, 2.05) is 4.68 Å². The number of nitrogens with zero attached hydrogens (tertiary/aromatic N) is 4. The van der Waals surface area contributed by atoms with Gasteiger partial charge in [-0.3, -0.25) is 4.79 Å². The van der Waals surface area contributed by atoms with Crippen LogP contribution in [0.3, 0.4) is 0 Å². The number of likely N-dealkylation sites (tertiary alicyclic amines) is 1. The number of aromatic nitrogens is 3. The second-order valence-electron chi connectivity index (χ2n) is 4.53. The summed E-state index contributed by atoms with van der Waals surface area (Å²) in [6, 6.07) is 3.61. The highest BCUT2D eigenvalue weighted by molar-refractivity contribution is 9.10. The summed E-state index contributed by atoms with van der Waals surface area (Å²) < 4.78 is 7.70. The Hall–Kier alpha value is -1.63. The first-order chi connectivity index (χ1) is 9.24. The maximum absolute atomic E-state index is 12.3. The lowest BCUT2D eigenvalue weighted by Crippen LogP contribution is -2.40. The van der Waals surface area contributed by atoms with Crippen molar-refractivity contribution in [3.63, 3.8) is 0 Å². The van der Waals surface area contributed by atoms with E-state index < -0.39 is 0 Å². The zero-order valence-electron chi connectivity index (χ0n) is 10.2. The number of hydrogen-bond acceptors (Lipinski definition) is 4. The van der Waals surface area contributed by atoms with Crippen molar-refractivity contribution in [2.75, 3.05) is 13.1 Å². The fourth-order valence-corrected chi connectivity index (χ4v) is 2.65. The predicted octanol–water partition coefficient (Wildman–Crippen LogP) is 2.11. The van der Waals surface area contributed by atoms with Crippen molar-refractivity contribution in [2.45, 2.75) is 18.9 Å². The van der Waals surface area contributed by atoms with E-state index in [0.29, 0.717) is 17.0 Å². The van der Waals surface area contributed by atoms with Crippen molar-refractivity contribution in [3.05, 3.63) is 35.2 Å². The second-order valence-corrected chi connectivity index (χ2v) is 5.31. The molecule has 1 aliphatic heterocycles. The monoisotopic (exact) mass is 324 g/mol. The SMILES string of the molecule is O=C(c1ccc(Br)o1)N1CCC[C@@H](n2cncn2)C1. The molecule has 0 unspecified atom stereocenters. The van der Waals surface area contributed by atoms with Gasteiger partial charge >= 0.3 is 0 Å². The van der Waals surface area contributed by atoms with Crippen LogP contribution in [0.15, 0.2) is 33.9 Å². The van der Waals surface area contributed by atoms with Crippen LogP contribution in [0.2, 0.25) is 0 Å². The van der Waals surface area contributed by atoms with Gasteiger partial charge in [-0.1, -0.05) is 0 Å². The Balaban J connectivity index is 1.73. The average Bonchev–Trinajstić information content (AvgIpc) is 3.09. The minimum atomic E-state index is -0.0736. The van der Waals surface area contributed by atoms with Gasteiger partial charge in [-0.2, -0.15) is 5.10 Å². The summed E-state index contributed by atoms with van der Waals surface area (Å²) in [6.45, 7) is 1.39. The first-order valence-electron chi connectivity index (χ1n) is 6.13. The van der Waals surface area contributed by atoms with Gasteiger partial charge in [-0.25, -0.2) is 9.67 Å². The molecule has 0 N–H and O–H groups in total. The minimum Gasteiger partial charge on any atom is -0.444 e. The lowest BCUT2D eigenvalue weighted by molar-refractivity contribution is 0.0639. The summed E-state index contributed by atoms with van der Waals surface area (Å²) in [6.07, 6.45) is 5.18. The molecule has 0 radical (unpaired) electrons. The maximum Gasteiger partial charge on any atom is 0.289 e. The topological polar surface area (TPSA) is 64.2 Å². The van der Waals surface area contributed by atoms with Gasteiger partial charge in [0, 0.05) is 13.1 Å². The van der Waals surface area contributed by atoms with E-state index >= 15 is 0 Å². The molecule has 0 bridgehead atoms. The molecular weight excluding hydrogens is 312 g/mol. The van der Waals surface area contributed by atoms with Crippen LogP contribution in [0.5, 0.6) is 0 Å². The Bertz CT molecular complexity index is 566. The number of rotatable bonds is 2. The Kier molecular flexibility index (Phi) is 3.37. The molecule has 2 aromatic heterocycles. The van der Waals surface area contributed by atoms with Crippen LogP contribution < -0.4 is 0 Å². The zero-order chi connectivity index (χ0) is 13.2. The van der Waals surface area contributed by atoms with Gasteiger partial charge < -0.3 is 9.32 Å². The molecule has 1 saturated heterocycles. The van der Waals surface area contributed by atoms with E-state index in [1.165, 1.54) is 6.33 Å². The van der Waals surface area contributed by atoms with Gasteiger partial charge in [0.15, 0.2) is 10.4 Å². The molecule has 6 nitrogen and oxygen atoms in total. The van der Waals surface area contributed by atoms with E-state index in [-0.39, 0.29) is 11.9 Å². The Morgan fingerprint density at radius 3 is 3.05 bits per heavy atom. The number of carbonyl (C=O) groups is 1. The minimum absolute atomic E-state index is 0.0736. The average molecular weight is 325 g/mol. The predicted molar refractivity (Wildman–Crippen MR) is 70.6 cm³/mol. The summed E-state index contributed by atoms with van der Waals surface area (Å²) in [5.41, 5.74) is 0. The smallest absolute Gasteiger partial charge is 0.289 e. The van der Waals surface area contributed by atoms with E-state index in [1.54, 1.807) is 23.4 Å². The third-order valence-corrected chi connectivity index (χ3v) is 3.70. The first-order valence-corrected chi connectivity index (χ1v) is 6.92. The molecule has 0 aliphatic carbocycles. The third-order valence-electron chi connectivity index (χ3n) is 3.28. The molecule has 0 aromatic carbocycles. The standard InChI is InChI=1S/C12H13BrN4O2/c13-11-4-3-10(19-11)12(18)16-5-1-2-9(6-16)17-8-14-7-15-17/h3-4,7-9H,1-2,5-6H2/t9-/m1/s1. The molecule has 19 heavy (non-hydrogen) atoms. The highest BCUT2D eigenvalue weighted by Crippen LogP contribution is 2.23. The number of amides is 1. The van der Waals surface area contributed by atoms with E-state index in [9.17, 15) is 4.79 Å². The van der Waals surface area contributed by atoms with Gasteiger partial charge in [-0.05, 0) is 40.9 Å². The zero-order valence-corrected chi connectivity index (χ0v) is 11.8. The van der Waals surface area contributed by atoms with E-state index in [0.717, 1.165) is 19.4 Å². The fourth-order valence-electron chi connectivity index (χ4n) is 2.35. The van der Waals surface area contributed by atoms with Gasteiger partial charge in [0.25, 0.3) is 5.91 Å². The Morgan fingerprint density at radius 2 is 2.37 bits per heavy atom. The maximum atomic E-state index is 12.3. The highest BCUT2D eigenvalue weighted by Gasteiger charge is 2.27. The van der Waals surface area contributed by atoms with Crippen LogP contribution in [0.4, 0.5) is 0 Å². The normalized spacial score (nSPS) is 19.6. The second kappa shape index (κ2) is 5.16. The van der Waals surface area contributed by atoms with E-state index in [2.05, 4.69) is 26.0 Å². The Labute approximate surface area is 118 Å². The highest BCUT2D eigenvalue weighted by atomic mass is 79.9. The molecule has 1 atom stereocenters. The lowest BCUT2D eigenvalue weighted by atomic mass is 10.1. The van der Waals surface area contributed by atoms with Gasteiger partial charge in [0.1, 0.15) is 12.7 Å². The molecule has 1 amide bonds. The number of furan rings is 1. The van der Waals surface area contributed by atoms with Gasteiger partial charge in [-0.15, -0.1) is 0 Å². The number of piperidine rings is 1. The fraction of sp³-hybridized carbons (Fsp3) is 0.417. The van der Waals surface area contributed by atoms with Crippen LogP contribution in [-0.2, 0) is 0 Å². The molecular formula is C12H13BrN4O2. The van der Waals surface area contributed by atoms with Crippen molar-refractivity contribution in [3.8, 4) is 0 Å². The van der Waals surface area contributed by atoms with Crippen molar-refractivity contribution >= 4 is 21.8 Å². The number of carbonyl (C=O) groups excluding carboxylic acids is 1. The van der Waals surface area contributed by atoms with Crippen LogP contribution >= 0.6 is 15.9 Å². The molecule has 1 aliphatic rings. The van der Waals surface area contributed by atoms with Crippen molar-refractivity contribution < 1.29 is 9.21 Å². The largest absolute Gasteiger partial charge is 0.444 e. The van der Waals surface area contributed by atoms with Crippen molar-refractivity contribution in [1.29, 1.82) is 0 Å². The Morgan fingerprint density at radius 1 is 1.47 bits per heavy atom.